The van der Waals surface area contributed by atoms with Crippen molar-refractivity contribution in [1.82, 2.24) is 0 Å². The zero-order chi connectivity index (χ0) is 13.4. The Labute approximate surface area is 107 Å². The topological polar surface area (TPSA) is 17.1 Å². The molecule has 2 rings (SSSR count). The normalized spacial score (nSPS) is 26.3. The van der Waals surface area contributed by atoms with E-state index in [1.54, 1.807) is 0 Å². The third-order valence-electron chi connectivity index (χ3n) is 2.43. The van der Waals surface area contributed by atoms with E-state index in [0.29, 0.717) is 12.2 Å². The van der Waals surface area contributed by atoms with Gasteiger partial charge < -0.3 is 4.57 Å². The fourth-order valence-corrected chi connectivity index (χ4v) is 11.6. The summed E-state index contributed by atoms with van der Waals surface area (Å²) >= 11 is 1.06. The van der Waals surface area contributed by atoms with Crippen molar-refractivity contribution in [2.75, 3.05) is 11.5 Å². The molecule has 1 aliphatic rings. The largest absolute Gasteiger partial charge is 0.305 e. The molecule has 0 radical (unpaired) electrons. The maximum atomic E-state index is 13.5. The van der Waals surface area contributed by atoms with Crippen LogP contribution in [0.25, 0.3) is 0 Å². The van der Waals surface area contributed by atoms with Crippen LogP contribution >= 0.6 is 28.1 Å². The molecular weight excluding hydrogens is 314 g/mol. The van der Waals surface area contributed by atoms with Gasteiger partial charge in [-0.1, -0.05) is 11.4 Å². The summed E-state index contributed by atoms with van der Waals surface area (Å²) in [6, 6.07) is 0. The number of hydrogen-bond donors (Lipinski definition) is 1. The van der Waals surface area contributed by atoms with Gasteiger partial charge in [0.25, 0.3) is 0 Å². The lowest BCUT2D eigenvalue weighted by molar-refractivity contribution is 0.360. The molecule has 0 N–H and O–H groups in total. The summed E-state index contributed by atoms with van der Waals surface area (Å²) < 4.78 is 77.7. The molecule has 2 atom stereocenters. The van der Waals surface area contributed by atoms with Crippen LogP contribution in [-0.4, -0.2) is 11.5 Å². The van der Waals surface area contributed by atoms with Crippen molar-refractivity contribution in [3.63, 3.8) is 0 Å². The highest BCUT2D eigenvalue weighted by Gasteiger charge is 2.32. The highest BCUT2D eigenvalue weighted by atomic mass is 33.1. The van der Waals surface area contributed by atoms with Crippen LogP contribution < -0.4 is 0 Å². The van der Waals surface area contributed by atoms with E-state index in [1.807, 2.05) is 0 Å². The molecule has 0 amide bonds. The third kappa shape index (κ3) is 2.30. The Hall–Kier alpha value is -0.200. The van der Waals surface area contributed by atoms with Gasteiger partial charge in [0.15, 0.2) is 29.5 Å². The van der Waals surface area contributed by atoms with Gasteiger partial charge in [-0.25, -0.2) is 22.0 Å². The van der Waals surface area contributed by atoms with E-state index in [4.69, 9.17) is 0 Å². The Morgan fingerprint density at radius 3 is 1.94 bits per heavy atom. The molecule has 1 nitrogen and oxygen atoms in total. The molecule has 0 saturated carbocycles. The second-order valence-corrected chi connectivity index (χ2v) is 12.2. The molecule has 1 heterocycles. The Bertz CT molecular complexity index is 495. The molecule has 1 fully saturated rings. The van der Waals surface area contributed by atoms with Gasteiger partial charge in [0.2, 0.25) is 5.82 Å². The Balaban J connectivity index is 2.60. The minimum atomic E-state index is -2.38. The van der Waals surface area contributed by atoms with Gasteiger partial charge in [0.1, 0.15) is 0 Å². The van der Waals surface area contributed by atoms with Crippen molar-refractivity contribution >= 4 is 28.1 Å². The van der Waals surface area contributed by atoms with Gasteiger partial charge in [-0.05, 0) is 12.2 Å². The quantitative estimate of drug-likeness (QED) is 0.273. The summed E-state index contributed by atoms with van der Waals surface area (Å²) in [5.74, 6) is -8.94. The molecule has 18 heavy (non-hydrogen) atoms. The third-order valence-corrected chi connectivity index (χ3v) is 12.5. The number of halogens is 5. The number of hydrogen-bond acceptors (Lipinski definition) is 2. The first-order valence-electron chi connectivity index (χ1n) is 4.91. The molecule has 0 aliphatic carbocycles. The predicted molar refractivity (Wildman–Crippen MR) is 64.4 cm³/mol. The standard InChI is InChI=1S/C9H8F5OPS2/c10-4-5(11)7(13)9(8(14)6(4)12)18-3-1-2-17-16(18)15/h16,18H,1-3H2. The van der Waals surface area contributed by atoms with Crippen LogP contribution in [0.2, 0.25) is 0 Å². The van der Waals surface area contributed by atoms with E-state index in [9.17, 15) is 26.5 Å². The summed E-state index contributed by atoms with van der Waals surface area (Å²) in [5, 5.41) is 0. The van der Waals surface area contributed by atoms with Crippen molar-refractivity contribution in [2.45, 2.75) is 11.3 Å². The van der Waals surface area contributed by atoms with Crippen LogP contribution in [0, 0.1) is 29.1 Å². The first kappa shape index (κ1) is 14.2. The minimum Gasteiger partial charge on any atom is -0.305 e. The van der Waals surface area contributed by atoms with E-state index in [1.165, 1.54) is 0 Å². The zero-order valence-electron chi connectivity index (χ0n) is 8.77. The van der Waals surface area contributed by atoms with Crippen LogP contribution in [0.5, 0.6) is 0 Å². The van der Waals surface area contributed by atoms with E-state index >= 15 is 0 Å². The van der Waals surface area contributed by atoms with Crippen molar-refractivity contribution in [1.29, 1.82) is 0 Å². The lowest BCUT2D eigenvalue weighted by atomic mass is 10.3. The lowest BCUT2D eigenvalue weighted by Gasteiger charge is -2.26. The van der Waals surface area contributed by atoms with Gasteiger partial charge in [-0.3, -0.25) is 0 Å². The lowest BCUT2D eigenvalue weighted by Crippen LogP contribution is -2.07. The molecule has 0 aromatic heterocycles. The zero-order valence-corrected chi connectivity index (χ0v) is 11.5. The second-order valence-electron chi connectivity index (χ2n) is 3.54. The Kier molecular flexibility index (Phi) is 4.29. The molecule has 2 unspecified atom stereocenters. The Morgan fingerprint density at radius 1 is 0.944 bits per heavy atom. The summed E-state index contributed by atoms with van der Waals surface area (Å²) in [6.07, 6.45) is -1.82. The summed E-state index contributed by atoms with van der Waals surface area (Å²) in [4.78, 5) is -0.863. The van der Waals surface area contributed by atoms with Crippen molar-refractivity contribution in [2.24, 2.45) is 0 Å². The van der Waals surface area contributed by atoms with Crippen LogP contribution in [0.4, 0.5) is 22.0 Å². The number of rotatable bonds is 1. The first-order chi connectivity index (χ1) is 8.45. The highest BCUT2D eigenvalue weighted by Crippen LogP contribution is 2.69. The molecule has 9 heteroatoms. The fraction of sp³-hybridized carbons (Fsp3) is 0.333. The molecule has 1 aliphatic heterocycles. The monoisotopic (exact) mass is 322 g/mol. The van der Waals surface area contributed by atoms with Gasteiger partial charge in [0.05, 0.1) is 4.90 Å². The van der Waals surface area contributed by atoms with Gasteiger partial charge in [-0.2, -0.15) is 10.5 Å². The fourth-order valence-electron chi connectivity index (χ4n) is 1.58. The Morgan fingerprint density at radius 2 is 1.44 bits per heavy atom. The van der Waals surface area contributed by atoms with Crippen LogP contribution in [-0.2, 0) is 4.57 Å². The molecule has 0 bridgehead atoms. The first-order valence-corrected chi connectivity index (χ1v) is 10.4. The van der Waals surface area contributed by atoms with Gasteiger partial charge in [0, 0.05) is 5.75 Å². The highest BCUT2D eigenvalue weighted by molar-refractivity contribution is 8.90. The maximum absolute atomic E-state index is 13.5. The minimum absolute atomic E-state index is 0.235. The molecule has 1 aromatic carbocycles. The number of benzene rings is 1. The van der Waals surface area contributed by atoms with Gasteiger partial charge in [-0.15, -0.1) is 0 Å². The van der Waals surface area contributed by atoms with Crippen molar-refractivity contribution < 1.29 is 26.5 Å². The number of thiol groups is 1. The van der Waals surface area contributed by atoms with Crippen LogP contribution in [0.1, 0.15) is 6.42 Å². The van der Waals surface area contributed by atoms with Crippen molar-refractivity contribution in [3.8, 4) is 0 Å². The van der Waals surface area contributed by atoms with E-state index in [-0.39, 0.29) is 5.75 Å². The molecule has 0 spiro atoms. The van der Waals surface area contributed by atoms with Crippen LogP contribution in [0.15, 0.2) is 4.90 Å². The predicted octanol–water partition coefficient (Wildman–Crippen LogP) is 4.27. The summed E-state index contributed by atoms with van der Waals surface area (Å²) in [6.45, 7) is 0. The van der Waals surface area contributed by atoms with Gasteiger partial charge >= 0.3 is 0 Å². The summed E-state index contributed by atoms with van der Waals surface area (Å²) in [7, 11) is -1.80. The van der Waals surface area contributed by atoms with Crippen LogP contribution in [0.3, 0.4) is 0 Å². The molecular formula is C9H8F5OPS2. The smallest absolute Gasteiger partial charge is 0.200 e. The summed E-state index contributed by atoms with van der Waals surface area (Å²) in [5.41, 5.74) is 0. The van der Waals surface area contributed by atoms with E-state index in [0.717, 1.165) is 11.4 Å². The SMILES string of the molecule is O=[PH]1SCCC[SH]1c1c(F)c(F)c(F)c(F)c1F. The maximum Gasteiger partial charge on any atom is 0.200 e. The second kappa shape index (κ2) is 5.43. The molecule has 102 valence electrons. The molecule has 1 aromatic rings. The average Bonchev–Trinajstić information content (AvgIpc) is 2.36. The average molecular weight is 322 g/mol. The van der Waals surface area contributed by atoms with E-state index in [2.05, 4.69) is 0 Å². The van der Waals surface area contributed by atoms with E-state index < -0.39 is 50.7 Å². The van der Waals surface area contributed by atoms with Crippen molar-refractivity contribution in [3.05, 3.63) is 29.1 Å². The molecule has 1 saturated heterocycles.